The maximum atomic E-state index is 11.5. The molecule has 12 aliphatic rings. The molecule has 12 aliphatic carbocycles. The van der Waals surface area contributed by atoms with Crippen LogP contribution in [0.4, 0.5) is 34.6 Å². The Labute approximate surface area is 840 Å². The number of phosphoric acid groups is 6. The Balaban J connectivity index is 0.000000112. The van der Waals surface area contributed by atoms with Gasteiger partial charge in [-0.05, 0) is 152 Å². The van der Waals surface area contributed by atoms with Gasteiger partial charge in [-0.25, -0.2) is 107 Å². The quantitative estimate of drug-likeness (QED) is 0.0281. The van der Waals surface area contributed by atoms with Crippen molar-refractivity contribution in [3.8, 4) is 0 Å². The van der Waals surface area contributed by atoms with Crippen LogP contribution in [0.25, 0.3) is 67.0 Å². The number of phosphoric ester groups is 6. The van der Waals surface area contributed by atoms with Gasteiger partial charge in [-0.15, -0.1) is 0 Å². The Kier molecular flexibility index (Phi) is 28.2. The van der Waals surface area contributed by atoms with Crippen molar-refractivity contribution < 1.29 is 144 Å². The van der Waals surface area contributed by atoms with E-state index in [-0.39, 0.29) is 129 Å². The van der Waals surface area contributed by atoms with Crippen LogP contribution in [-0.2, 0) is 54.5 Å². The maximum Gasteiger partial charge on any atom is 0.469 e. The van der Waals surface area contributed by atoms with E-state index in [0.29, 0.717) is 125 Å². The Hall–Kier alpha value is -9.34. The van der Waals surface area contributed by atoms with E-state index in [4.69, 9.17) is 42.9 Å². The summed E-state index contributed by atoms with van der Waals surface area (Å²) in [7, 11) is -18.0. The first kappa shape index (κ1) is 107. The van der Waals surface area contributed by atoms with E-state index in [0.717, 1.165) is 75.8 Å². The molecule has 0 bridgehead atoms. The number of aliphatic hydroxyl groups excluding tert-OH is 6. The van der Waals surface area contributed by atoms with E-state index in [1.807, 2.05) is 61.1 Å². The molecule has 12 aromatic rings. The number of anilines is 6. The summed E-state index contributed by atoms with van der Waals surface area (Å²) in [6.07, 6.45) is 16.0. The molecular formula is C84H118N28O30P6. The van der Waals surface area contributed by atoms with E-state index in [1.165, 1.54) is 0 Å². The summed E-state index contributed by atoms with van der Waals surface area (Å²) >= 11 is 0. The summed E-state index contributed by atoms with van der Waals surface area (Å²) in [5.41, 5.74) is 6.44. The number of nitrogens with zero attached hydrogens (tertiary/aromatic N) is 22. The number of imidazole rings is 6. The third kappa shape index (κ3) is 19.9. The van der Waals surface area contributed by atoms with Crippen LogP contribution in [0.2, 0.25) is 0 Å². The first-order valence-electron chi connectivity index (χ1n) is 47.6. The topological polar surface area (TPSA) is 830 Å². The van der Waals surface area contributed by atoms with Crippen molar-refractivity contribution in [3.63, 3.8) is 0 Å². The first-order chi connectivity index (χ1) is 69.8. The molecule has 148 heavy (non-hydrogen) atoms. The van der Waals surface area contributed by atoms with E-state index in [9.17, 15) is 87.4 Å². The number of hydrogen-bond donors (Lipinski definition) is 24. The van der Waals surface area contributed by atoms with Gasteiger partial charge >= 0.3 is 46.9 Å². The molecule has 24 rings (SSSR count). The van der Waals surface area contributed by atoms with E-state index in [2.05, 4.69) is 130 Å². The van der Waals surface area contributed by atoms with Crippen molar-refractivity contribution in [1.29, 1.82) is 0 Å². The zero-order chi connectivity index (χ0) is 106. The molecule has 12 saturated carbocycles. The third-order valence-corrected chi connectivity index (χ3v) is 35.4. The molecule has 24 N–H and O–H groups in total. The molecule has 12 heterocycles. The molecule has 0 unspecified atom stereocenters. The van der Waals surface area contributed by atoms with Gasteiger partial charge in [0.15, 0.2) is 57.2 Å². The van der Waals surface area contributed by atoms with Crippen molar-refractivity contribution in [2.75, 3.05) is 114 Å². The molecule has 58 nitrogen and oxygen atoms in total. The zero-order valence-corrected chi connectivity index (χ0v) is 86.7. The normalized spacial score (nSPS) is 31.6. The number of aryl methyl sites for hydroxylation is 4. The van der Waals surface area contributed by atoms with Crippen LogP contribution in [0.1, 0.15) is 137 Å². The molecule has 0 spiro atoms. The molecule has 64 heteroatoms. The molecule has 12 aromatic heterocycles. The average Bonchev–Trinajstić information content (AvgIpc) is 1.43. The number of nitrogens with one attached hydrogen (secondary N) is 6. The Bertz CT molecular complexity index is 7110. The van der Waals surface area contributed by atoms with E-state index < -0.39 is 99.8 Å². The second-order valence-electron chi connectivity index (χ2n) is 40.3. The van der Waals surface area contributed by atoms with E-state index in [1.54, 1.807) is 94.2 Å². The fraction of sp³-hybridized carbons (Fsp3) is 0.619. The fourth-order valence-corrected chi connectivity index (χ4v) is 27.9. The van der Waals surface area contributed by atoms with Crippen LogP contribution in [0.15, 0.2) is 62.5 Å². The van der Waals surface area contributed by atoms with E-state index >= 15 is 0 Å². The van der Waals surface area contributed by atoms with Gasteiger partial charge in [-0.3, -0.25) is 27.1 Å². The zero-order valence-electron chi connectivity index (χ0n) is 81.4. The SMILES string of the molecule is CNc1ccnc2c1ncn2[C@H]1C[C@H](O)[C@]2(CO)C[C@H]12.CNc1ccnc2c1ncn2[C@H]1C[C@H](OP(=O)(O)O)[C@]2(COP(=O)(O)O)C[C@H]12.CNc1nc(C)nc2c1ncn2[C@H]1C[C@H](O)[C@]2(CO)C[C@H]12.CNc1nc(C)nc2c1ncn2[C@H]1C[C@H](O)[C@]2(CO)C[C@H]12.CNc1nc(C)nc2c1ncn2[C@H]1C[C@H](OP(=O)(O)O)[C@]2(COP(=O)(O)O)C[C@H]12.CNc1nc(C)nc2c1ncn2[C@H]1C[C@H](OP(=O)(O)O)[C@]2(COP(=O)(O)O)C[C@H]12. The smallest absolute Gasteiger partial charge is 0.396 e. The van der Waals surface area contributed by atoms with Crippen molar-refractivity contribution in [1.82, 2.24) is 107 Å². The van der Waals surface area contributed by atoms with Crippen molar-refractivity contribution in [2.45, 2.75) is 178 Å². The molecule has 0 radical (unpaired) electrons. The summed E-state index contributed by atoms with van der Waals surface area (Å²) in [6.45, 7) is 6.27. The molecular weight excluding hydrogens is 2070 g/mol. The van der Waals surface area contributed by atoms with Crippen LogP contribution in [0.5, 0.6) is 0 Å². The lowest BCUT2D eigenvalue weighted by Gasteiger charge is -2.24. The number of aromatic nitrogens is 22. The van der Waals surface area contributed by atoms with Crippen LogP contribution in [0.3, 0.4) is 0 Å². The third-order valence-electron chi connectivity index (χ3n) is 32.4. The van der Waals surface area contributed by atoms with Crippen molar-refractivity contribution >= 4 is 149 Å². The lowest BCUT2D eigenvalue weighted by molar-refractivity contribution is 0.0484. The van der Waals surface area contributed by atoms with Gasteiger partial charge in [-0.2, -0.15) is 0 Å². The second-order valence-corrected chi connectivity index (χ2v) is 47.6. The Morgan fingerprint density at radius 2 is 0.514 bits per heavy atom. The molecule has 0 aromatic carbocycles. The van der Waals surface area contributed by atoms with Gasteiger partial charge in [0.1, 0.15) is 56.4 Å². The summed E-state index contributed by atoms with van der Waals surface area (Å²) in [5.74, 6) is 5.45. The van der Waals surface area contributed by atoms with Gasteiger partial charge in [0.05, 0.1) is 126 Å². The Morgan fingerprint density at radius 1 is 0.297 bits per heavy atom. The highest BCUT2D eigenvalue weighted by molar-refractivity contribution is 7.47. The highest BCUT2D eigenvalue weighted by Gasteiger charge is 2.74. The van der Waals surface area contributed by atoms with Crippen LogP contribution in [-0.4, -0.2) is 315 Å². The van der Waals surface area contributed by atoms with Crippen LogP contribution in [0, 0.1) is 95.7 Å². The summed E-state index contributed by atoms with van der Waals surface area (Å²) < 4.78 is 108. The number of pyridine rings is 2. The lowest BCUT2D eigenvalue weighted by Crippen LogP contribution is -2.26. The standard InChI is InChI=1S/2C14H21N5O8P2.2C14H19N5O2.C14H20N4O8P2.C14H18N4O2/c2*1-7-17-12(15-2)11-13(18-7)19(6-16-11)9-3-10(27-29(23,24)25)14(4-8(9)14)5-26-28(20,21)22;2*1-7-17-12(15-2)11-13(18-7)19(6-16-11)9-3-10(21)14(5-20)4-8(9)14;1-15-9-2-3-16-13-12(9)17-7-18(13)10-4-11(26-28(22,23)24)14(5-8(10)14)6-25-27(19,20)21;1-15-9-2-3-16-13-12(9)17-7-18(13)10-4-11(20)14(6-19)5-8(10)14/h2*6,8-10H,3-5H2,1-2H3,(H,15,17,18)(H2,20,21,22)(H2,23,24,25);2*6,8-10,20-21H,3-5H2,1-2H3,(H,15,17,18);2-3,7-8,10-11H,4-6H2,1H3,(H,15,16)(H2,19,20,21)(H2,22,23,24);2-3,7-8,10-11,19-20H,4-6H2,1H3,(H,15,16)/t4*8-,9+,10+,14+;2*8-,10+,11+,14+/m111111/s1. The van der Waals surface area contributed by atoms with Gasteiger partial charge < -0.3 is 149 Å². The van der Waals surface area contributed by atoms with Gasteiger partial charge in [0.25, 0.3) is 0 Å². The summed E-state index contributed by atoms with van der Waals surface area (Å²) in [6, 6.07) is 3.35. The van der Waals surface area contributed by atoms with Gasteiger partial charge in [0.2, 0.25) is 0 Å². The monoisotopic (exact) mass is 2180 g/mol. The van der Waals surface area contributed by atoms with Gasteiger partial charge in [-0.1, -0.05) is 0 Å². The fourth-order valence-electron chi connectivity index (χ4n) is 24.8. The minimum atomic E-state index is -4.81. The molecule has 804 valence electrons. The molecule has 0 amide bonds. The predicted octanol–water partition coefficient (Wildman–Crippen LogP) is 4.18. The van der Waals surface area contributed by atoms with Crippen LogP contribution < -0.4 is 31.9 Å². The number of hydrogen-bond acceptors (Lipinski definition) is 40. The second kappa shape index (κ2) is 39.0. The largest absolute Gasteiger partial charge is 0.469 e. The summed E-state index contributed by atoms with van der Waals surface area (Å²) in [5, 5.41) is 77.5. The maximum absolute atomic E-state index is 11.5. The number of rotatable bonds is 30. The minimum absolute atomic E-state index is 0.0533. The minimum Gasteiger partial charge on any atom is -0.396 e. The van der Waals surface area contributed by atoms with Gasteiger partial charge in [0, 0.05) is 123 Å². The first-order valence-corrected chi connectivity index (χ1v) is 56.7. The highest BCUT2D eigenvalue weighted by Crippen LogP contribution is 2.76. The average molecular weight is 2190 g/mol. The molecule has 24 atom stereocenters. The molecule has 0 aliphatic heterocycles. The summed E-state index contributed by atoms with van der Waals surface area (Å²) in [4.78, 5) is 181. The number of fused-ring (bicyclic) bond motifs is 12. The van der Waals surface area contributed by atoms with Crippen molar-refractivity contribution in [3.05, 3.63) is 85.8 Å². The van der Waals surface area contributed by atoms with Crippen molar-refractivity contribution in [2.24, 2.45) is 68.0 Å². The number of aliphatic hydroxyl groups is 6. The molecule has 12 fully saturated rings. The molecule has 0 saturated heterocycles. The Morgan fingerprint density at radius 3 is 0.716 bits per heavy atom. The predicted molar refractivity (Wildman–Crippen MR) is 522 cm³/mol. The highest BCUT2D eigenvalue weighted by atomic mass is 31.2. The lowest BCUT2D eigenvalue weighted by atomic mass is 10.0. The van der Waals surface area contributed by atoms with Crippen LogP contribution >= 0.6 is 46.9 Å².